The van der Waals surface area contributed by atoms with Crippen molar-refractivity contribution in [2.24, 2.45) is 0 Å². The maximum atomic E-state index is 13.2. The predicted octanol–water partition coefficient (Wildman–Crippen LogP) is 2.84. The van der Waals surface area contributed by atoms with Crippen LogP contribution >= 0.6 is 0 Å². The monoisotopic (exact) mass is 273 g/mol. The Morgan fingerprint density at radius 3 is 2.05 bits per heavy atom. The molecule has 6 heteroatoms. The number of benzene rings is 1. The summed E-state index contributed by atoms with van der Waals surface area (Å²) in [6, 6.07) is 7.11. The van der Waals surface area contributed by atoms with Gasteiger partial charge < -0.3 is 4.74 Å². The summed E-state index contributed by atoms with van der Waals surface area (Å²) in [6.45, 7) is 2.09. The molecule has 19 heavy (non-hydrogen) atoms. The smallest absolute Gasteiger partial charge is 0.434 e. The fourth-order valence-corrected chi connectivity index (χ4v) is 2.22. The maximum Gasteiger partial charge on any atom is 0.442 e. The van der Waals surface area contributed by atoms with Crippen LogP contribution in [0, 0.1) is 0 Å². The molecule has 0 saturated heterocycles. The Morgan fingerprint density at radius 2 is 1.68 bits per heavy atom. The topological polar surface area (TPSA) is 29.5 Å². The molecular weight excluding hydrogens is 259 g/mol. The second-order valence-corrected chi connectivity index (χ2v) is 4.70. The number of carbonyl (C=O) groups excluding carboxylic acids is 1. The van der Waals surface area contributed by atoms with Gasteiger partial charge in [-0.15, -0.1) is 0 Å². The Labute approximate surface area is 109 Å². The number of carbonyl (C=O) groups is 1. The van der Waals surface area contributed by atoms with Gasteiger partial charge in [-0.1, -0.05) is 24.3 Å². The van der Waals surface area contributed by atoms with Crippen LogP contribution in [0.2, 0.25) is 0 Å². The first-order valence-electron chi connectivity index (χ1n) is 5.82. The van der Waals surface area contributed by atoms with Gasteiger partial charge in [0.1, 0.15) is 0 Å². The molecule has 0 spiro atoms. The summed E-state index contributed by atoms with van der Waals surface area (Å²) in [5.41, 5.74) is -0.951. The number of rotatable bonds is 2. The van der Waals surface area contributed by atoms with Gasteiger partial charge in [0.25, 0.3) is 5.72 Å². The molecule has 1 aliphatic heterocycles. The van der Waals surface area contributed by atoms with Crippen molar-refractivity contribution < 1.29 is 22.7 Å². The largest absolute Gasteiger partial charge is 0.442 e. The van der Waals surface area contributed by atoms with Crippen molar-refractivity contribution in [1.82, 2.24) is 4.90 Å². The van der Waals surface area contributed by atoms with Crippen molar-refractivity contribution >= 4 is 5.97 Å². The van der Waals surface area contributed by atoms with Gasteiger partial charge in [0, 0.05) is 20.0 Å². The van der Waals surface area contributed by atoms with Crippen molar-refractivity contribution in [1.29, 1.82) is 0 Å². The molecule has 0 bridgehead atoms. The molecule has 0 N–H and O–H groups in total. The Hall–Kier alpha value is -1.56. The van der Waals surface area contributed by atoms with Crippen molar-refractivity contribution in [2.75, 3.05) is 0 Å². The zero-order valence-corrected chi connectivity index (χ0v) is 10.6. The van der Waals surface area contributed by atoms with Crippen LogP contribution in [0.25, 0.3) is 0 Å². The molecule has 1 aromatic rings. The van der Waals surface area contributed by atoms with Crippen LogP contribution in [0.1, 0.15) is 25.0 Å². The van der Waals surface area contributed by atoms with Gasteiger partial charge in [0.2, 0.25) is 0 Å². The van der Waals surface area contributed by atoms with E-state index in [1.54, 1.807) is 24.3 Å². The third kappa shape index (κ3) is 2.45. The number of hydrogen-bond donors (Lipinski definition) is 0. The number of fused-ring (bicyclic) bond motifs is 1. The van der Waals surface area contributed by atoms with Gasteiger partial charge in [0.05, 0.1) is 0 Å². The first kappa shape index (κ1) is 13.9. The van der Waals surface area contributed by atoms with E-state index in [2.05, 4.69) is 4.74 Å². The molecule has 0 aromatic heterocycles. The molecule has 3 nitrogen and oxygen atoms in total. The molecule has 1 atom stereocenters. The highest BCUT2D eigenvalue weighted by Gasteiger charge is 2.59. The van der Waals surface area contributed by atoms with Crippen LogP contribution in [0.3, 0.4) is 0 Å². The van der Waals surface area contributed by atoms with E-state index in [0.29, 0.717) is 0 Å². The highest BCUT2D eigenvalue weighted by Crippen LogP contribution is 2.40. The fourth-order valence-electron chi connectivity index (χ4n) is 2.22. The molecule has 1 unspecified atom stereocenters. The summed E-state index contributed by atoms with van der Waals surface area (Å²) in [4.78, 5) is 12.1. The fraction of sp³-hybridized carbons (Fsp3) is 0.462. The molecule has 2 rings (SSSR count). The van der Waals surface area contributed by atoms with Crippen LogP contribution in [0.5, 0.6) is 0 Å². The zero-order chi connectivity index (χ0) is 14.3. The zero-order valence-electron chi connectivity index (χ0n) is 10.6. The average molecular weight is 273 g/mol. The van der Waals surface area contributed by atoms with Crippen LogP contribution < -0.4 is 0 Å². The first-order valence-corrected chi connectivity index (χ1v) is 5.82. The van der Waals surface area contributed by atoms with E-state index in [9.17, 15) is 18.0 Å². The van der Waals surface area contributed by atoms with Crippen LogP contribution in [-0.4, -0.2) is 22.8 Å². The summed E-state index contributed by atoms with van der Waals surface area (Å²) in [5, 5.41) is 0. The average Bonchev–Trinajstić information content (AvgIpc) is 2.70. The van der Waals surface area contributed by atoms with E-state index in [-0.39, 0.29) is 13.1 Å². The molecular formula is C13H14F3NO2. The third-order valence-electron chi connectivity index (χ3n) is 3.31. The lowest BCUT2D eigenvalue weighted by Crippen LogP contribution is -2.57. The predicted molar refractivity (Wildman–Crippen MR) is 61.9 cm³/mol. The van der Waals surface area contributed by atoms with Gasteiger partial charge >= 0.3 is 12.1 Å². The summed E-state index contributed by atoms with van der Waals surface area (Å²) in [5.74, 6) is -0.948. The van der Waals surface area contributed by atoms with Gasteiger partial charge in [-0.05, 0) is 18.1 Å². The number of nitrogens with zero attached hydrogens (tertiary/aromatic N) is 1. The van der Waals surface area contributed by atoms with E-state index in [1.807, 2.05) is 0 Å². The number of ether oxygens (including phenoxy) is 1. The number of alkyl halides is 3. The highest BCUT2D eigenvalue weighted by molar-refractivity contribution is 5.66. The number of hydrogen-bond acceptors (Lipinski definition) is 3. The second-order valence-electron chi connectivity index (χ2n) is 4.70. The SMILES string of the molecule is CC(=O)OC(C)(N1Cc2ccccc2C1)C(F)(F)F. The molecule has 1 aromatic carbocycles. The lowest BCUT2D eigenvalue weighted by Gasteiger charge is -2.38. The third-order valence-corrected chi connectivity index (χ3v) is 3.31. The molecule has 1 heterocycles. The highest BCUT2D eigenvalue weighted by atomic mass is 19.4. The first-order chi connectivity index (χ1) is 8.74. The molecule has 104 valence electrons. The van der Waals surface area contributed by atoms with E-state index in [1.165, 1.54) is 0 Å². The summed E-state index contributed by atoms with van der Waals surface area (Å²) < 4.78 is 44.2. The minimum Gasteiger partial charge on any atom is -0.434 e. The standard InChI is InChI=1S/C13H14F3NO2/c1-9(18)19-12(2,13(14,15)16)17-7-10-5-3-4-6-11(10)8-17/h3-6H,7-8H2,1-2H3. The Balaban J connectivity index is 2.31. The Morgan fingerprint density at radius 1 is 1.21 bits per heavy atom. The van der Waals surface area contributed by atoms with Crippen molar-refractivity contribution in [2.45, 2.75) is 38.8 Å². The minimum atomic E-state index is -4.65. The Bertz CT molecular complexity index is 476. The molecule has 1 aliphatic rings. The minimum absolute atomic E-state index is 0.111. The van der Waals surface area contributed by atoms with Crippen molar-refractivity contribution in [3.63, 3.8) is 0 Å². The second kappa shape index (κ2) is 4.52. The summed E-state index contributed by atoms with van der Waals surface area (Å²) >= 11 is 0. The van der Waals surface area contributed by atoms with Gasteiger partial charge in [-0.25, -0.2) is 4.90 Å². The molecule has 0 saturated carbocycles. The molecule has 0 aliphatic carbocycles. The van der Waals surface area contributed by atoms with E-state index in [4.69, 9.17) is 0 Å². The van der Waals surface area contributed by atoms with E-state index >= 15 is 0 Å². The van der Waals surface area contributed by atoms with Crippen molar-refractivity contribution in [3.8, 4) is 0 Å². The number of esters is 1. The molecule has 0 radical (unpaired) electrons. The summed E-state index contributed by atoms with van der Waals surface area (Å²) in [6.07, 6.45) is -4.65. The van der Waals surface area contributed by atoms with Crippen LogP contribution in [-0.2, 0) is 22.6 Å². The lowest BCUT2D eigenvalue weighted by molar-refractivity contribution is -0.315. The maximum absolute atomic E-state index is 13.2. The van der Waals surface area contributed by atoms with Crippen LogP contribution in [0.4, 0.5) is 13.2 Å². The molecule has 0 fully saturated rings. The Kier molecular flexibility index (Phi) is 3.30. The van der Waals surface area contributed by atoms with E-state index < -0.39 is 17.9 Å². The van der Waals surface area contributed by atoms with Crippen molar-refractivity contribution in [3.05, 3.63) is 35.4 Å². The quantitative estimate of drug-likeness (QED) is 0.776. The molecule has 0 amide bonds. The summed E-state index contributed by atoms with van der Waals surface area (Å²) in [7, 11) is 0. The number of halogens is 3. The van der Waals surface area contributed by atoms with Gasteiger partial charge in [-0.3, -0.25) is 4.79 Å². The van der Waals surface area contributed by atoms with Gasteiger partial charge in [-0.2, -0.15) is 13.2 Å². The van der Waals surface area contributed by atoms with Gasteiger partial charge in [0.15, 0.2) is 0 Å². The van der Waals surface area contributed by atoms with E-state index in [0.717, 1.165) is 29.9 Å². The normalized spacial score (nSPS) is 18.8. The van der Waals surface area contributed by atoms with Crippen LogP contribution in [0.15, 0.2) is 24.3 Å². The lowest BCUT2D eigenvalue weighted by atomic mass is 10.1.